The second-order valence-corrected chi connectivity index (χ2v) is 23.4. The number of urea groups is 1. The number of rotatable bonds is 24. The van der Waals surface area contributed by atoms with Crippen LogP contribution in [-0.2, 0) is 49.3 Å². The summed E-state index contributed by atoms with van der Waals surface area (Å²) in [5.74, 6) is -2.68. The number of epoxide rings is 1. The Hall–Kier alpha value is -5.83. The first-order chi connectivity index (χ1) is 39.3. The van der Waals surface area contributed by atoms with Crippen LogP contribution >= 0.6 is 43.5 Å². The van der Waals surface area contributed by atoms with E-state index in [4.69, 9.17) is 41.0 Å². The Balaban J connectivity index is 1.32. The Kier molecular flexibility index (Phi) is 25.2. The molecule has 83 heavy (non-hydrogen) atoms. The zero-order valence-corrected chi connectivity index (χ0v) is 52.3. The van der Waals surface area contributed by atoms with Crippen molar-refractivity contribution in [3.8, 4) is 5.75 Å². The van der Waals surface area contributed by atoms with Crippen molar-refractivity contribution in [3.05, 3.63) is 70.3 Å². The smallest absolute Gasteiger partial charge is 0.412 e. The molecule has 26 heteroatoms. The van der Waals surface area contributed by atoms with Crippen molar-refractivity contribution >= 4 is 109 Å². The fraction of sp³-hybridized carbons (Fsp3) is 0.579. The van der Waals surface area contributed by atoms with Crippen LogP contribution in [0.2, 0.25) is 5.02 Å². The minimum absolute atomic E-state index is 0.0778. The Morgan fingerprint density at radius 3 is 2.37 bits per heavy atom. The van der Waals surface area contributed by atoms with Gasteiger partial charge >= 0.3 is 18.2 Å². The molecule has 2 fully saturated rings. The molecular formula is C57H80Br2ClN9O14. The zero-order chi connectivity index (χ0) is 61.4. The quantitative estimate of drug-likeness (QED) is 0.0232. The van der Waals surface area contributed by atoms with E-state index in [9.17, 15) is 43.5 Å². The first-order valence-electron chi connectivity index (χ1n) is 27.5. The summed E-state index contributed by atoms with van der Waals surface area (Å²) >= 11 is 13.6. The van der Waals surface area contributed by atoms with Gasteiger partial charge in [0.15, 0.2) is 5.72 Å². The van der Waals surface area contributed by atoms with E-state index in [2.05, 4.69) is 69.1 Å². The summed E-state index contributed by atoms with van der Waals surface area (Å²) in [5, 5.41) is 32.3. The van der Waals surface area contributed by atoms with Gasteiger partial charge in [-0.25, -0.2) is 14.4 Å². The normalized spacial score (nSPS) is 24.5. The third-order valence-corrected chi connectivity index (χ3v) is 17.4. The highest BCUT2D eigenvalue weighted by Gasteiger charge is 2.64. The van der Waals surface area contributed by atoms with E-state index in [0.29, 0.717) is 59.2 Å². The highest BCUT2D eigenvalue weighted by atomic mass is 79.9. The first-order valence-corrected chi connectivity index (χ1v) is 30.1. The lowest BCUT2D eigenvalue weighted by atomic mass is 9.83. The number of hydrogen-bond acceptors (Lipinski definition) is 15. The van der Waals surface area contributed by atoms with Gasteiger partial charge in [-0.1, -0.05) is 94.5 Å². The van der Waals surface area contributed by atoms with Crippen LogP contribution in [0, 0.1) is 18.8 Å². The van der Waals surface area contributed by atoms with Crippen LogP contribution < -0.4 is 52.6 Å². The number of nitrogens with two attached hydrogens (primary N) is 1. The van der Waals surface area contributed by atoms with Gasteiger partial charge in [0, 0.05) is 61.5 Å². The monoisotopic (exact) mass is 1310 g/mol. The van der Waals surface area contributed by atoms with Gasteiger partial charge in [0.1, 0.15) is 53.1 Å². The molecular weight excluding hydrogens is 1230 g/mol. The predicted octanol–water partition coefficient (Wildman–Crippen LogP) is 6.57. The van der Waals surface area contributed by atoms with Gasteiger partial charge in [-0.2, -0.15) is 0 Å². The van der Waals surface area contributed by atoms with Crippen LogP contribution in [0.4, 0.5) is 31.4 Å². The number of fused-ring (bicyclic) bond motifs is 5. The first kappa shape index (κ1) is 68.0. The van der Waals surface area contributed by atoms with Crippen LogP contribution in [0.25, 0.3) is 0 Å². The summed E-state index contributed by atoms with van der Waals surface area (Å²) in [6.45, 7) is 11.2. The van der Waals surface area contributed by atoms with Crippen LogP contribution in [0.3, 0.4) is 0 Å². The van der Waals surface area contributed by atoms with Crippen molar-refractivity contribution < 1.29 is 67.1 Å². The molecule has 10 N–H and O–H groups in total. The number of carbonyl (C=O) groups excluding carboxylic acids is 8. The Morgan fingerprint density at radius 1 is 1.01 bits per heavy atom. The number of alkyl halides is 2. The molecule has 9 atom stereocenters. The molecule has 0 radical (unpaired) electrons. The van der Waals surface area contributed by atoms with Crippen molar-refractivity contribution in [1.82, 2.24) is 26.6 Å². The lowest BCUT2D eigenvalue weighted by Gasteiger charge is -2.42. The predicted molar refractivity (Wildman–Crippen MR) is 321 cm³/mol. The molecule has 2 saturated heterocycles. The minimum atomic E-state index is -1.89. The van der Waals surface area contributed by atoms with Crippen molar-refractivity contribution in [1.29, 1.82) is 0 Å². The molecule has 4 bridgehead atoms. The van der Waals surface area contributed by atoms with Crippen molar-refractivity contribution in [2.24, 2.45) is 17.6 Å². The number of aldehydes is 1. The number of ether oxygens (including phenoxy) is 5. The molecule has 5 rings (SSSR count). The van der Waals surface area contributed by atoms with E-state index in [1.807, 2.05) is 13.0 Å². The number of hydrogen-bond donors (Lipinski definition) is 9. The Bertz CT molecular complexity index is 2730. The number of aliphatic hydroxyl groups is 1. The van der Waals surface area contributed by atoms with Gasteiger partial charge in [-0.15, -0.1) is 0 Å². The van der Waals surface area contributed by atoms with Gasteiger partial charge in [0.25, 0.3) is 0 Å². The molecule has 0 spiro atoms. The number of alkyl carbamates (subject to hydrolysis) is 1. The molecule has 3 aliphatic heterocycles. The van der Waals surface area contributed by atoms with Crippen molar-refractivity contribution in [2.75, 3.05) is 60.6 Å². The van der Waals surface area contributed by atoms with E-state index < -0.39 is 102 Å². The Labute approximate surface area is 506 Å². The lowest BCUT2D eigenvalue weighted by Crippen LogP contribution is -2.63. The fourth-order valence-electron chi connectivity index (χ4n) is 9.97. The number of unbranched alkanes of at least 4 members (excludes halogenated alkanes) is 2. The number of nitrogens with one attached hydrogen (secondary N) is 7. The number of allylic oxidation sites excluding steroid dienone is 3. The second-order valence-electron chi connectivity index (χ2n) is 21.9. The third-order valence-electron chi connectivity index (χ3n) is 15.1. The molecule has 3 aliphatic rings. The van der Waals surface area contributed by atoms with Crippen molar-refractivity contribution in [2.45, 2.75) is 153 Å². The molecule has 23 nitrogen and oxygen atoms in total. The summed E-state index contributed by atoms with van der Waals surface area (Å²) in [5.41, 5.74) is 4.36. The van der Waals surface area contributed by atoms with E-state index in [1.165, 1.54) is 31.3 Å². The number of aryl methyl sites for hydroxylation is 1. The van der Waals surface area contributed by atoms with Gasteiger partial charge in [0.05, 0.1) is 30.9 Å². The number of primary amides is 1. The molecule has 0 aromatic heterocycles. The third kappa shape index (κ3) is 18.6. The molecule has 2 aromatic rings. The number of benzene rings is 2. The number of nitrogens with zero attached hydrogens (tertiary/aromatic N) is 1. The summed E-state index contributed by atoms with van der Waals surface area (Å²) in [6.07, 6.45) is 2.61. The largest absolute Gasteiger partial charge is 0.495 e. The van der Waals surface area contributed by atoms with E-state index in [0.717, 1.165) is 23.8 Å². The fourth-order valence-corrected chi connectivity index (χ4v) is 11.9. The van der Waals surface area contributed by atoms with Gasteiger partial charge in [0.2, 0.25) is 23.6 Å². The molecule has 0 unspecified atom stereocenters. The molecule has 8 amide bonds. The van der Waals surface area contributed by atoms with E-state index in [1.54, 1.807) is 72.0 Å². The number of carbonyl (C=O) groups is 8. The average molecular weight is 1310 g/mol. The Morgan fingerprint density at radius 2 is 1.73 bits per heavy atom. The van der Waals surface area contributed by atoms with Gasteiger partial charge in [-0.3, -0.25) is 29.8 Å². The second kappa shape index (κ2) is 30.8. The lowest BCUT2D eigenvalue weighted by molar-refractivity contribution is -0.142. The molecule has 3 heterocycles. The molecule has 0 aliphatic carbocycles. The number of amides is 8. The standard InChI is InChI=1S/C57H80Br2ClN9O14/c1-32(2)48(67-45(71)18-11-10-12-22-63-56(29-58,30-59)31-70)51(74)65-39(16-14-21-62-52(61)75)50(73)64-37-19-20-38(34(4)24-37)66-53(76)82-44-27-46(72)69(7)40-25-36(26-41(79-8)47(40)60)23-33(3)15-13-17-43(80-9)57(78)28-42(81-54(77)68-57)35(5)49-55(44,6)83-49/h13,15,17,19-20,24-26,31-32,35,39,42-44,48-49,63,78H,10-12,14,16,18,21-23,27-30H2,1-9H3,(H,64,73)(H,65,74)(H,66,76)(H,67,71)(H,68,77)(H3,61,62,75)/b17-13+,33-15+/t35-,39+,42+,43-,44+,48+,49+,55+,57+/m1/s1. The van der Waals surface area contributed by atoms with Crippen molar-refractivity contribution in [3.63, 3.8) is 0 Å². The van der Waals surface area contributed by atoms with Crippen LogP contribution in [0.5, 0.6) is 5.75 Å². The topological polar surface area (TPSA) is 320 Å². The number of halogens is 3. The highest BCUT2D eigenvalue weighted by Crippen LogP contribution is 2.49. The maximum Gasteiger partial charge on any atom is 0.412 e. The van der Waals surface area contributed by atoms with Crippen LogP contribution in [-0.4, -0.2) is 152 Å². The summed E-state index contributed by atoms with van der Waals surface area (Å²) in [6, 6.07) is 5.30. The van der Waals surface area contributed by atoms with Gasteiger partial charge in [-0.05, 0) is 107 Å². The molecule has 2 aromatic carbocycles. The average Bonchev–Trinajstić information content (AvgIpc) is 2.29. The highest BCUT2D eigenvalue weighted by molar-refractivity contribution is 9.10. The summed E-state index contributed by atoms with van der Waals surface area (Å²) in [4.78, 5) is 107. The SMILES string of the molecule is COc1cc2cc(c1Cl)N(C)C(=O)C[C@H](OC(=O)Nc1ccc(NC(=O)[C@H](CCCNC(N)=O)NC(=O)[C@@H](NC(=O)CCCCCNC(C=O)(CBr)CBr)C(C)C)cc1C)[C@]1(C)O[C@H]1[C@H](C)[C@@H]1C[C@@](O)(NC(=O)O1)[C@H](OC)/C=C/C=C(\C)C2. The zero-order valence-electron chi connectivity index (χ0n) is 48.4. The summed E-state index contributed by atoms with van der Waals surface area (Å²) < 4.78 is 29.5. The van der Waals surface area contributed by atoms with Crippen LogP contribution in [0.15, 0.2) is 54.1 Å². The maximum absolute atomic E-state index is 14.4. The van der Waals surface area contributed by atoms with E-state index >= 15 is 0 Å². The molecule has 0 saturated carbocycles. The maximum atomic E-state index is 14.4. The minimum Gasteiger partial charge on any atom is -0.495 e. The van der Waals surface area contributed by atoms with Gasteiger partial charge < -0.3 is 70.8 Å². The summed E-state index contributed by atoms with van der Waals surface area (Å²) in [7, 11) is 4.42. The number of anilines is 3. The van der Waals surface area contributed by atoms with E-state index in [-0.39, 0.29) is 54.8 Å². The van der Waals surface area contributed by atoms with Crippen LogP contribution in [0.1, 0.15) is 97.1 Å². The molecule has 458 valence electrons. The number of methoxy groups -OCH3 is 2.